The number of halogens is 1. The zero-order chi connectivity index (χ0) is 17.4. The van der Waals surface area contributed by atoms with Gasteiger partial charge in [0.15, 0.2) is 0 Å². The van der Waals surface area contributed by atoms with Crippen LogP contribution in [0.1, 0.15) is 11.8 Å². The summed E-state index contributed by atoms with van der Waals surface area (Å²) >= 11 is 0. The SMILES string of the molecule is O=S(=O)(c1ccccc1F)N1CC(c2nc(-c3cnccn3)no2)C1. The van der Waals surface area contributed by atoms with Gasteiger partial charge in [-0.1, -0.05) is 17.3 Å². The van der Waals surface area contributed by atoms with E-state index in [0.29, 0.717) is 17.4 Å². The lowest BCUT2D eigenvalue weighted by atomic mass is 10.0. The molecule has 1 aromatic carbocycles. The predicted octanol–water partition coefficient (Wildman–Crippen LogP) is 1.45. The summed E-state index contributed by atoms with van der Waals surface area (Å²) in [6.45, 7) is 0.303. The van der Waals surface area contributed by atoms with Crippen molar-refractivity contribution in [1.29, 1.82) is 0 Å². The van der Waals surface area contributed by atoms with Gasteiger partial charge in [0.1, 0.15) is 16.4 Å². The first kappa shape index (κ1) is 15.8. The van der Waals surface area contributed by atoms with Crippen LogP contribution in [0.3, 0.4) is 0 Å². The maximum Gasteiger partial charge on any atom is 0.246 e. The molecular weight excluding hydrogens is 349 g/mol. The van der Waals surface area contributed by atoms with Gasteiger partial charge in [-0.3, -0.25) is 4.98 Å². The van der Waals surface area contributed by atoms with Crippen LogP contribution in [0.4, 0.5) is 4.39 Å². The zero-order valence-electron chi connectivity index (χ0n) is 12.8. The molecule has 0 unspecified atom stereocenters. The van der Waals surface area contributed by atoms with Crippen molar-refractivity contribution in [1.82, 2.24) is 24.4 Å². The monoisotopic (exact) mass is 361 g/mol. The second-order valence-corrected chi connectivity index (χ2v) is 7.40. The molecule has 0 aliphatic carbocycles. The molecule has 1 aliphatic heterocycles. The van der Waals surface area contributed by atoms with Gasteiger partial charge in [-0.15, -0.1) is 0 Å². The summed E-state index contributed by atoms with van der Waals surface area (Å²) < 4.78 is 45.0. The van der Waals surface area contributed by atoms with Crippen LogP contribution in [0.15, 0.2) is 52.3 Å². The highest BCUT2D eigenvalue weighted by atomic mass is 32.2. The van der Waals surface area contributed by atoms with Crippen LogP contribution in [-0.4, -0.2) is 45.9 Å². The van der Waals surface area contributed by atoms with E-state index in [2.05, 4.69) is 20.1 Å². The summed E-state index contributed by atoms with van der Waals surface area (Å²) in [5.74, 6) is -0.396. The van der Waals surface area contributed by atoms with Crippen molar-refractivity contribution in [3.8, 4) is 11.5 Å². The number of hydrogen-bond acceptors (Lipinski definition) is 7. The normalized spacial score (nSPS) is 15.9. The van der Waals surface area contributed by atoms with E-state index in [4.69, 9.17) is 4.52 Å². The van der Waals surface area contributed by atoms with Crippen LogP contribution in [0, 0.1) is 5.82 Å². The Hall–Kier alpha value is -2.72. The molecule has 1 fully saturated rings. The summed E-state index contributed by atoms with van der Waals surface area (Å²) in [5.41, 5.74) is 0.465. The number of nitrogens with zero attached hydrogens (tertiary/aromatic N) is 5. The number of benzene rings is 1. The summed E-state index contributed by atoms with van der Waals surface area (Å²) in [4.78, 5) is 11.9. The average molecular weight is 361 g/mol. The van der Waals surface area contributed by atoms with Gasteiger partial charge >= 0.3 is 0 Å². The molecule has 128 valence electrons. The van der Waals surface area contributed by atoms with Crippen molar-refractivity contribution in [2.24, 2.45) is 0 Å². The van der Waals surface area contributed by atoms with E-state index in [1.165, 1.54) is 41.1 Å². The van der Waals surface area contributed by atoms with E-state index < -0.39 is 15.8 Å². The fourth-order valence-corrected chi connectivity index (χ4v) is 4.10. The van der Waals surface area contributed by atoms with Gasteiger partial charge in [-0.2, -0.15) is 9.29 Å². The maximum atomic E-state index is 13.8. The Bertz CT molecular complexity index is 1000. The first-order valence-corrected chi connectivity index (χ1v) is 8.84. The number of rotatable bonds is 4. The highest BCUT2D eigenvalue weighted by Gasteiger charge is 2.41. The fraction of sp³-hybridized carbons (Fsp3) is 0.200. The van der Waals surface area contributed by atoms with Gasteiger partial charge in [0.2, 0.25) is 21.7 Å². The predicted molar refractivity (Wildman–Crippen MR) is 83.2 cm³/mol. The second-order valence-electron chi connectivity index (χ2n) is 5.50. The van der Waals surface area contributed by atoms with E-state index in [-0.39, 0.29) is 23.9 Å². The molecule has 8 nitrogen and oxygen atoms in total. The van der Waals surface area contributed by atoms with Crippen LogP contribution in [0.25, 0.3) is 11.5 Å². The Morgan fingerprint density at radius 2 is 2.00 bits per heavy atom. The van der Waals surface area contributed by atoms with Gasteiger partial charge in [-0.05, 0) is 12.1 Å². The maximum absolute atomic E-state index is 13.8. The minimum absolute atomic E-state index is 0.152. The Morgan fingerprint density at radius 1 is 1.20 bits per heavy atom. The fourth-order valence-electron chi connectivity index (χ4n) is 2.50. The second kappa shape index (κ2) is 5.97. The van der Waals surface area contributed by atoms with Crippen LogP contribution < -0.4 is 0 Å². The molecule has 0 spiro atoms. The quantitative estimate of drug-likeness (QED) is 0.693. The molecule has 0 amide bonds. The number of aromatic nitrogens is 4. The average Bonchev–Trinajstić information content (AvgIpc) is 3.04. The molecule has 3 aromatic rings. The molecule has 0 saturated carbocycles. The van der Waals surface area contributed by atoms with Crippen molar-refractivity contribution in [3.63, 3.8) is 0 Å². The van der Waals surface area contributed by atoms with Crippen molar-refractivity contribution >= 4 is 10.0 Å². The molecule has 2 aromatic heterocycles. The third kappa shape index (κ3) is 2.79. The molecule has 1 aliphatic rings. The zero-order valence-corrected chi connectivity index (χ0v) is 13.6. The molecule has 1 saturated heterocycles. The van der Waals surface area contributed by atoms with E-state index in [1.807, 2.05) is 0 Å². The molecule has 10 heteroatoms. The molecule has 0 radical (unpaired) electrons. The van der Waals surface area contributed by atoms with Crippen LogP contribution in [0.2, 0.25) is 0 Å². The molecular formula is C15H12FN5O3S. The van der Waals surface area contributed by atoms with E-state index in [9.17, 15) is 12.8 Å². The Labute approximate surface area is 142 Å². The molecule has 3 heterocycles. The van der Waals surface area contributed by atoms with Crippen LogP contribution in [0.5, 0.6) is 0 Å². The van der Waals surface area contributed by atoms with Gasteiger partial charge in [0.25, 0.3) is 0 Å². The van der Waals surface area contributed by atoms with Gasteiger partial charge in [0.05, 0.1) is 12.1 Å². The molecule has 25 heavy (non-hydrogen) atoms. The lowest BCUT2D eigenvalue weighted by molar-refractivity contribution is 0.216. The Kier molecular flexibility index (Phi) is 3.77. The Morgan fingerprint density at radius 3 is 2.72 bits per heavy atom. The van der Waals surface area contributed by atoms with Gasteiger partial charge in [-0.25, -0.2) is 17.8 Å². The highest BCUT2D eigenvalue weighted by molar-refractivity contribution is 7.89. The van der Waals surface area contributed by atoms with E-state index in [0.717, 1.165) is 6.07 Å². The molecule has 0 N–H and O–H groups in total. The first-order valence-electron chi connectivity index (χ1n) is 7.40. The number of hydrogen-bond donors (Lipinski definition) is 0. The topological polar surface area (TPSA) is 102 Å². The Balaban J connectivity index is 1.49. The van der Waals surface area contributed by atoms with Crippen molar-refractivity contribution in [2.45, 2.75) is 10.8 Å². The largest absolute Gasteiger partial charge is 0.339 e. The molecule has 0 bridgehead atoms. The van der Waals surface area contributed by atoms with Crippen LogP contribution >= 0.6 is 0 Å². The highest BCUT2D eigenvalue weighted by Crippen LogP contribution is 2.32. The smallest absolute Gasteiger partial charge is 0.246 e. The summed E-state index contributed by atoms with van der Waals surface area (Å²) in [5, 5.41) is 3.83. The van der Waals surface area contributed by atoms with Crippen LogP contribution in [-0.2, 0) is 10.0 Å². The summed E-state index contributed by atoms with van der Waals surface area (Å²) in [7, 11) is -3.87. The summed E-state index contributed by atoms with van der Waals surface area (Å²) in [6.07, 6.45) is 4.55. The lowest BCUT2D eigenvalue weighted by Gasteiger charge is -2.35. The third-order valence-electron chi connectivity index (χ3n) is 3.89. The molecule has 4 rings (SSSR count). The standard InChI is InChI=1S/C15H12FN5O3S/c16-11-3-1-2-4-13(11)25(22,23)21-8-10(9-21)15-19-14(20-24-15)12-7-17-5-6-18-12/h1-7,10H,8-9H2. The van der Waals surface area contributed by atoms with E-state index in [1.54, 1.807) is 0 Å². The van der Waals surface area contributed by atoms with Crippen molar-refractivity contribution < 1.29 is 17.3 Å². The van der Waals surface area contributed by atoms with Gasteiger partial charge in [0, 0.05) is 25.5 Å². The molecule has 0 atom stereocenters. The minimum atomic E-state index is -3.87. The third-order valence-corrected chi connectivity index (χ3v) is 5.75. The minimum Gasteiger partial charge on any atom is -0.339 e. The van der Waals surface area contributed by atoms with Crippen molar-refractivity contribution in [2.75, 3.05) is 13.1 Å². The summed E-state index contributed by atoms with van der Waals surface area (Å²) in [6, 6.07) is 5.30. The lowest BCUT2D eigenvalue weighted by Crippen LogP contribution is -2.48. The van der Waals surface area contributed by atoms with Gasteiger partial charge < -0.3 is 4.52 Å². The van der Waals surface area contributed by atoms with E-state index >= 15 is 0 Å². The number of sulfonamides is 1. The van der Waals surface area contributed by atoms with Crippen molar-refractivity contribution in [3.05, 3.63) is 54.6 Å². The first-order chi connectivity index (χ1) is 12.1.